The van der Waals surface area contributed by atoms with Gasteiger partial charge in [0.2, 0.25) is 5.91 Å². The van der Waals surface area contributed by atoms with Gasteiger partial charge in [-0.2, -0.15) is 0 Å². The first-order valence-electron chi connectivity index (χ1n) is 8.71. The van der Waals surface area contributed by atoms with Crippen molar-refractivity contribution in [3.8, 4) is 0 Å². The number of hydrogen-bond donors (Lipinski definition) is 1. The van der Waals surface area contributed by atoms with Gasteiger partial charge in [-0.3, -0.25) is 14.5 Å². The molecule has 1 amide bonds. The van der Waals surface area contributed by atoms with E-state index in [0.29, 0.717) is 5.78 Å². The molecule has 1 saturated carbocycles. The van der Waals surface area contributed by atoms with Crippen LogP contribution in [0.5, 0.6) is 0 Å². The highest BCUT2D eigenvalue weighted by atomic mass is 16.2. The first-order chi connectivity index (χ1) is 10.1. The number of nitrogens with one attached hydrogen (secondary N) is 1. The number of Topliss-reactive ketones (excluding diaryl/α,β-unsaturated/α-hetero) is 1. The van der Waals surface area contributed by atoms with Crippen LogP contribution in [0.3, 0.4) is 0 Å². The zero-order valence-electron chi connectivity index (χ0n) is 13.6. The maximum Gasteiger partial charge on any atom is 0.237 e. The normalized spacial score (nSPS) is 29.1. The van der Waals surface area contributed by atoms with Gasteiger partial charge in [-0.05, 0) is 45.6 Å². The minimum absolute atomic E-state index is 0.114. The van der Waals surface area contributed by atoms with Crippen LogP contribution in [0, 0.1) is 5.92 Å². The molecule has 2 aliphatic rings. The van der Waals surface area contributed by atoms with E-state index >= 15 is 0 Å². The van der Waals surface area contributed by atoms with Crippen LogP contribution in [0.25, 0.3) is 0 Å². The Kier molecular flexibility index (Phi) is 6.22. The molecule has 1 aliphatic carbocycles. The number of carbonyl (C=O) groups is 2. The Bertz CT molecular complexity index is 370. The van der Waals surface area contributed by atoms with Crippen LogP contribution in [0.1, 0.15) is 65.2 Å². The van der Waals surface area contributed by atoms with Crippen molar-refractivity contribution in [2.45, 2.75) is 77.3 Å². The SMILES string of the molecule is CCCNC(=O)C(C)N1CCCCC1C1CCCCC1=O. The average molecular weight is 294 g/mol. The number of piperidine rings is 1. The Morgan fingerprint density at radius 3 is 2.76 bits per heavy atom. The molecule has 2 fully saturated rings. The van der Waals surface area contributed by atoms with Crippen LogP contribution >= 0.6 is 0 Å². The van der Waals surface area contributed by atoms with Crippen LogP contribution in [-0.4, -0.2) is 41.8 Å². The molecule has 0 aromatic carbocycles. The molecule has 0 radical (unpaired) electrons. The molecule has 0 spiro atoms. The summed E-state index contributed by atoms with van der Waals surface area (Å²) in [4.78, 5) is 26.9. The van der Waals surface area contributed by atoms with Gasteiger partial charge in [0.25, 0.3) is 0 Å². The van der Waals surface area contributed by atoms with Gasteiger partial charge in [-0.1, -0.05) is 19.8 Å². The molecule has 0 aromatic heterocycles. The van der Waals surface area contributed by atoms with Crippen molar-refractivity contribution in [1.82, 2.24) is 10.2 Å². The molecule has 0 aromatic rings. The molecular formula is C17H30N2O2. The first kappa shape index (κ1) is 16.5. The van der Waals surface area contributed by atoms with Crippen LogP contribution in [-0.2, 0) is 9.59 Å². The van der Waals surface area contributed by atoms with Crippen LogP contribution in [0.2, 0.25) is 0 Å². The lowest BCUT2D eigenvalue weighted by molar-refractivity contribution is -0.133. The Balaban J connectivity index is 2.03. The molecule has 2 rings (SSSR count). The minimum Gasteiger partial charge on any atom is -0.355 e. The molecule has 3 unspecified atom stereocenters. The molecule has 3 atom stereocenters. The van der Waals surface area contributed by atoms with Crippen LogP contribution < -0.4 is 5.32 Å². The lowest BCUT2D eigenvalue weighted by Gasteiger charge is -2.43. The maximum absolute atomic E-state index is 12.3. The van der Waals surface area contributed by atoms with Gasteiger partial charge in [0, 0.05) is 24.9 Å². The molecule has 21 heavy (non-hydrogen) atoms. The predicted molar refractivity (Wildman–Crippen MR) is 84.1 cm³/mol. The molecule has 1 N–H and O–H groups in total. The number of hydrogen-bond acceptors (Lipinski definition) is 3. The largest absolute Gasteiger partial charge is 0.355 e. The summed E-state index contributed by atoms with van der Waals surface area (Å²) in [5.74, 6) is 0.715. The summed E-state index contributed by atoms with van der Waals surface area (Å²) in [6.45, 7) is 5.76. The van der Waals surface area contributed by atoms with Crippen molar-refractivity contribution in [2.75, 3.05) is 13.1 Å². The van der Waals surface area contributed by atoms with Gasteiger partial charge in [-0.25, -0.2) is 0 Å². The highest BCUT2D eigenvalue weighted by Crippen LogP contribution is 2.32. The zero-order valence-corrected chi connectivity index (χ0v) is 13.6. The van der Waals surface area contributed by atoms with E-state index in [1.807, 2.05) is 6.92 Å². The number of carbonyl (C=O) groups excluding carboxylic acids is 2. The van der Waals surface area contributed by atoms with Gasteiger partial charge in [0.1, 0.15) is 5.78 Å². The molecule has 1 aliphatic heterocycles. The van der Waals surface area contributed by atoms with Crippen molar-refractivity contribution in [1.29, 1.82) is 0 Å². The van der Waals surface area contributed by atoms with Gasteiger partial charge in [0.05, 0.1) is 6.04 Å². The molecule has 120 valence electrons. The molecule has 1 saturated heterocycles. The quantitative estimate of drug-likeness (QED) is 0.847. The summed E-state index contributed by atoms with van der Waals surface area (Å²) < 4.78 is 0. The first-order valence-corrected chi connectivity index (χ1v) is 8.71. The third-order valence-electron chi connectivity index (χ3n) is 5.08. The van der Waals surface area contributed by atoms with Crippen LogP contribution in [0.4, 0.5) is 0 Å². The van der Waals surface area contributed by atoms with E-state index in [4.69, 9.17) is 0 Å². The zero-order chi connectivity index (χ0) is 15.2. The van der Waals surface area contributed by atoms with E-state index in [-0.39, 0.29) is 23.9 Å². The van der Waals surface area contributed by atoms with Crippen molar-refractivity contribution in [3.05, 3.63) is 0 Å². The molecule has 1 heterocycles. The van der Waals surface area contributed by atoms with Crippen molar-refractivity contribution in [3.63, 3.8) is 0 Å². The summed E-state index contributed by atoms with van der Waals surface area (Å²) in [5.41, 5.74) is 0. The van der Waals surface area contributed by atoms with E-state index in [0.717, 1.165) is 58.0 Å². The summed E-state index contributed by atoms with van der Waals surface area (Å²) >= 11 is 0. The van der Waals surface area contributed by atoms with E-state index in [1.54, 1.807) is 0 Å². The lowest BCUT2D eigenvalue weighted by Crippen LogP contribution is -2.55. The lowest BCUT2D eigenvalue weighted by atomic mass is 9.78. The fourth-order valence-electron chi connectivity index (χ4n) is 3.86. The Morgan fingerprint density at radius 2 is 2.05 bits per heavy atom. The Morgan fingerprint density at radius 1 is 1.29 bits per heavy atom. The van der Waals surface area contributed by atoms with E-state index in [2.05, 4.69) is 17.1 Å². The second-order valence-electron chi connectivity index (χ2n) is 6.59. The number of nitrogens with zero attached hydrogens (tertiary/aromatic N) is 1. The Hall–Kier alpha value is -0.900. The molecule has 4 nitrogen and oxygen atoms in total. The van der Waals surface area contributed by atoms with E-state index in [1.165, 1.54) is 6.42 Å². The maximum atomic E-state index is 12.3. The van der Waals surface area contributed by atoms with Gasteiger partial charge in [0.15, 0.2) is 0 Å². The Labute approximate surface area is 128 Å². The summed E-state index contributed by atoms with van der Waals surface area (Å²) in [7, 11) is 0. The van der Waals surface area contributed by atoms with Crippen molar-refractivity contribution >= 4 is 11.7 Å². The summed E-state index contributed by atoms with van der Waals surface area (Å²) in [6.07, 6.45) is 8.34. The third kappa shape index (κ3) is 4.06. The van der Waals surface area contributed by atoms with Gasteiger partial charge in [-0.15, -0.1) is 0 Å². The number of likely N-dealkylation sites (tertiary alicyclic amines) is 1. The average Bonchev–Trinajstić information content (AvgIpc) is 2.52. The highest BCUT2D eigenvalue weighted by molar-refractivity contribution is 5.83. The minimum atomic E-state index is -0.114. The fourth-order valence-corrected chi connectivity index (χ4v) is 3.86. The second kappa shape index (κ2) is 7.92. The monoisotopic (exact) mass is 294 g/mol. The van der Waals surface area contributed by atoms with Crippen molar-refractivity contribution < 1.29 is 9.59 Å². The molecule has 4 heteroatoms. The highest BCUT2D eigenvalue weighted by Gasteiger charge is 2.38. The smallest absolute Gasteiger partial charge is 0.237 e. The number of ketones is 1. The topological polar surface area (TPSA) is 49.4 Å². The number of rotatable bonds is 5. The third-order valence-corrected chi connectivity index (χ3v) is 5.08. The van der Waals surface area contributed by atoms with Crippen molar-refractivity contribution in [2.24, 2.45) is 5.92 Å². The molecule has 0 bridgehead atoms. The predicted octanol–water partition coefficient (Wildman–Crippen LogP) is 2.51. The summed E-state index contributed by atoms with van der Waals surface area (Å²) in [5, 5.41) is 3.00. The van der Waals surface area contributed by atoms with Gasteiger partial charge >= 0.3 is 0 Å². The summed E-state index contributed by atoms with van der Waals surface area (Å²) in [6, 6.07) is 0.172. The second-order valence-corrected chi connectivity index (χ2v) is 6.59. The number of amides is 1. The van der Waals surface area contributed by atoms with Gasteiger partial charge < -0.3 is 5.32 Å². The van der Waals surface area contributed by atoms with E-state index in [9.17, 15) is 9.59 Å². The fraction of sp³-hybridized carbons (Fsp3) is 0.882. The standard InChI is InChI=1S/C17H30N2O2/c1-3-11-18-17(21)13(2)19-12-7-6-9-15(19)14-8-4-5-10-16(14)20/h13-15H,3-12H2,1-2H3,(H,18,21). The van der Waals surface area contributed by atoms with Crippen LogP contribution in [0.15, 0.2) is 0 Å². The van der Waals surface area contributed by atoms with E-state index < -0.39 is 0 Å². The molecular weight excluding hydrogens is 264 g/mol.